The van der Waals surface area contributed by atoms with E-state index in [1.165, 1.54) is 16.8 Å². The van der Waals surface area contributed by atoms with E-state index < -0.39 is 5.69 Å². The molecular formula is C14H10ClN3O2. The van der Waals surface area contributed by atoms with Crippen molar-refractivity contribution < 1.29 is 0 Å². The number of aromatic amines is 1. The molecule has 3 rings (SSSR count). The van der Waals surface area contributed by atoms with Crippen molar-refractivity contribution in [1.29, 1.82) is 0 Å². The van der Waals surface area contributed by atoms with Crippen molar-refractivity contribution in [2.24, 2.45) is 0 Å². The van der Waals surface area contributed by atoms with Gasteiger partial charge in [-0.25, -0.2) is 4.79 Å². The van der Waals surface area contributed by atoms with E-state index >= 15 is 0 Å². The number of halogens is 1. The molecule has 5 nitrogen and oxygen atoms in total. The van der Waals surface area contributed by atoms with Gasteiger partial charge in [0.15, 0.2) is 0 Å². The number of benzene rings is 1. The summed E-state index contributed by atoms with van der Waals surface area (Å²) in [7, 11) is 0. The fourth-order valence-electron chi connectivity index (χ4n) is 2.17. The summed E-state index contributed by atoms with van der Waals surface area (Å²) >= 11 is 6.01. The number of fused-ring (bicyclic) bond motifs is 1. The van der Waals surface area contributed by atoms with Crippen LogP contribution in [0.15, 0.2) is 46.1 Å². The topological polar surface area (TPSA) is 67.8 Å². The summed E-state index contributed by atoms with van der Waals surface area (Å²) in [6.07, 6.45) is 1.49. The van der Waals surface area contributed by atoms with Crippen molar-refractivity contribution in [2.75, 3.05) is 0 Å². The molecule has 0 aliphatic heterocycles. The second kappa shape index (κ2) is 4.61. The third-order valence-corrected chi connectivity index (χ3v) is 3.30. The van der Waals surface area contributed by atoms with Crippen LogP contribution in [0.4, 0.5) is 0 Å². The van der Waals surface area contributed by atoms with Crippen molar-refractivity contribution in [3.05, 3.63) is 68.1 Å². The Hall–Kier alpha value is -2.40. The highest BCUT2D eigenvalue weighted by Gasteiger charge is 2.10. The number of nitrogens with one attached hydrogen (secondary N) is 1. The summed E-state index contributed by atoms with van der Waals surface area (Å²) in [5.74, 6) is 0. The average molecular weight is 288 g/mol. The molecule has 0 spiro atoms. The van der Waals surface area contributed by atoms with E-state index in [4.69, 9.17) is 11.6 Å². The van der Waals surface area contributed by atoms with E-state index in [2.05, 4.69) is 9.97 Å². The summed E-state index contributed by atoms with van der Waals surface area (Å²) in [5, 5.41) is 1.33. The lowest BCUT2D eigenvalue weighted by Crippen LogP contribution is -2.24. The van der Waals surface area contributed by atoms with Crippen LogP contribution >= 0.6 is 11.6 Å². The second-order valence-corrected chi connectivity index (χ2v) is 4.82. The van der Waals surface area contributed by atoms with Gasteiger partial charge in [-0.15, -0.1) is 0 Å². The van der Waals surface area contributed by atoms with E-state index in [1.54, 1.807) is 25.1 Å². The Bertz CT molecular complexity index is 928. The Morgan fingerprint density at radius 2 is 2.00 bits per heavy atom. The molecule has 0 fully saturated rings. The monoisotopic (exact) mass is 287 g/mol. The Labute approximate surface area is 118 Å². The third kappa shape index (κ3) is 2.02. The lowest BCUT2D eigenvalue weighted by Gasteiger charge is -2.11. The number of hydrogen-bond acceptors (Lipinski definition) is 3. The fraction of sp³-hybridized carbons (Fsp3) is 0.0714. The molecular weight excluding hydrogens is 278 g/mol. The van der Waals surface area contributed by atoms with E-state index in [1.807, 2.05) is 6.07 Å². The minimum Gasteiger partial charge on any atom is -0.329 e. The molecule has 0 aliphatic carbocycles. The van der Waals surface area contributed by atoms with Crippen molar-refractivity contribution in [3.63, 3.8) is 0 Å². The summed E-state index contributed by atoms with van der Waals surface area (Å²) in [4.78, 5) is 30.1. The normalized spacial score (nSPS) is 10.9. The minimum absolute atomic E-state index is 0.287. The molecule has 1 aromatic carbocycles. The van der Waals surface area contributed by atoms with Gasteiger partial charge in [-0.3, -0.25) is 9.36 Å². The van der Waals surface area contributed by atoms with Crippen molar-refractivity contribution in [3.8, 4) is 5.69 Å². The molecule has 0 saturated carbocycles. The fourth-order valence-corrected chi connectivity index (χ4v) is 2.34. The Balaban J connectivity index is 2.49. The molecule has 3 aromatic rings. The van der Waals surface area contributed by atoms with E-state index in [0.717, 1.165) is 5.39 Å². The highest BCUT2D eigenvalue weighted by atomic mass is 35.5. The van der Waals surface area contributed by atoms with Gasteiger partial charge >= 0.3 is 5.69 Å². The lowest BCUT2D eigenvalue weighted by atomic mass is 10.2. The molecule has 6 heteroatoms. The maximum atomic E-state index is 12.2. The maximum Gasteiger partial charge on any atom is 0.352 e. The van der Waals surface area contributed by atoms with Gasteiger partial charge < -0.3 is 4.98 Å². The molecule has 0 bridgehead atoms. The average Bonchev–Trinajstić information content (AvgIpc) is 2.38. The van der Waals surface area contributed by atoms with Crippen molar-refractivity contribution in [2.45, 2.75) is 6.92 Å². The first-order chi connectivity index (χ1) is 9.56. The van der Waals surface area contributed by atoms with Gasteiger partial charge in [0.05, 0.1) is 16.9 Å². The molecule has 0 aliphatic rings. The van der Waals surface area contributed by atoms with Gasteiger partial charge in [-0.2, -0.15) is 4.98 Å². The molecule has 0 unspecified atom stereocenters. The SMILES string of the molecule is Cc1nc(=O)n(-c2cc[nH]c(=O)c2)c2cc(Cl)ccc12. The highest BCUT2D eigenvalue weighted by molar-refractivity contribution is 6.31. The number of pyridine rings is 1. The summed E-state index contributed by atoms with van der Waals surface area (Å²) < 4.78 is 1.38. The van der Waals surface area contributed by atoms with E-state index in [-0.39, 0.29) is 5.56 Å². The number of aryl methyl sites for hydroxylation is 1. The number of nitrogens with zero attached hydrogens (tertiary/aromatic N) is 2. The number of H-pyrrole nitrogens is 1. The zero-order valence-corrected chi connectivity index (χ0v) is 11.3. The number of rotatable bonds is 1. The molecule has 2 heterocycles. The highest BCUT2D eigenvalue weighted by Crippen LogP contribution is 2.21. The van der Waals surface area contributed by atoms with Gasteiger partial charge in [0.25, 0.3) is 0 Å². The molecule has 0 saturated heterocycles. The van der Waals surface area contributed by atoms with Crippen LogP contribution in [0.2, 0.25) is 5.02 Å². The molecule has 0 atom stereocenters. The Morgan fingerprint density at radius 1 is 1.20 bits per heavy atom. The van der Waals surface area contributed by atoms with Gasteiger partial charge in [0.1, 0.15) is 0 Å². The van der Waals surface area contributed by atoms with E-state index in [0.29, 0.717) is 21.9 Å². The van der Waals surface area contributed by atoms with Gasteiger partial charge in [0, 0.05) is 22.7 Å². The molecule has 20 heavy (non-hydrogen) atoms. The lowest BCUT2D eigenvalue weighted by molar-refractivity contribution is 0.934. The van der Waals surface area contributed by atoms with Gasteiger partial charge in [-0.1, -0.05) is 11.6 Å². The van der Waals surface area contributed by atoms with Crippen LogP contribution < -0.4 is 11.2 Å². The zero-order chi connectivity index (χ0) is 14.3. The molecule has 100 valence electrons. The van der Waals surface area contributed by atoms with Crippen LogP contribution in [0.5, 0.6) is 0 Å². The zero-order valence-electron chi connectivity index (χ0n) is 10.6. The van der Waals surface area contributed by atoms with Crippen LogP contribution in [-0.2, 0) is 0 Å². The van der Waals surface area contributed by atoms with Crippen LogP contribution in [0.1, 0.15) is 5.69 Å². The van der Waals surface area contributed by atoms with E-state index in [9.17, 15) is 9.59 Å². The maximum absolute atomic E-state index is 12.2. The smallest absolute Gasteiger partial charge is 0.329 e. The predicted octanol–water partition coefficient (Wildman–Crippen LogP) is 2.04. The first-order valence-electron chi connectivity index (χ1n) is 5.94. The van der Waals surface area contributed by atoms with Crippen molar-refractivity contribution >= 4 is 22.5 Å². The number of hydrogen-bond donors (Lipinski definition) is 1. The standard InChI is InChI=1S/C14H10ClN3O2/c1-8-11-3-2-9(15)6-12(11)18(14(20)17-8)10-4-5-16-13(19)7-10/h2-7H,1H3,(H,16,19). The summed E-state index contributed by atoms with van der Waals surface area (Å²) in [6, 6.07) is 8.22. The van der Waals surface area contributed by atoms with Crippen LogP contribution in [0, 0.1) is 6.92 Å². The first kappa shape index (κ1) is 12.6. The van der Waals surface area contributed by atoms with Gasteiger partial charge in [-0.05, 0) is 31.2 Å². The summed E-state index contributed by atoms with van der Waals surface area (Å²) in [5.41, 5.74) is 0.981. The first-order valence-corrected chi connectivity index (χ1v) is 6.32. The second-order valence-electron chi connectivity index (χ2n) is 4.39. The predicted molar refractivity (Wildman–Crippen MR) is 77.7 cm³/mol. The van der Waals surface area contributed by atoms with Crippen LogP contribution in [0.25, 0.3) is 16.6 Å². The van der Waals surface area contributed by atoms with Crippen LogP contribution in [0.3, 0.4) is 0 Å². The molecule has 0 amide bonds. The summed E-state index contributed by atoms with van der Waals surface area (Å²) in [6.45, 7) is 1.76. The van der Waals surface area contributed by atoms with Crippen LogP contribution in [-0.4, -0.2) is 14.5 Å². The van der Waals surface area contributed by atoms with Crippen molar-refractivity contribution in [1.82, 2.24) is 14.5 Å². The Morgan fingerprint density at radius 3 is 2.75 bits per heavy atom. The molecule has 2 aromatic heterocycles. The minimum atomic E-state index is -0.442. The Kier molecular flexibility index (Phi) is 2.91. The number of aromatic nitrogens is 3. The quantitative estimate of drug-likeness (QED) is 0.745. The van der Waals surface area contributed by atoms with Gasteiger partial charge in [0.2, 0.25) is 5.56 Å². The molecule has 1 N–H and O–H groups in total. The third-order valence-electron chi connectivity index (χ3n) is 3.06. The largest absolute Gasteiger partial charge is 0.352 e. The molecule has 0 radical (unpaired) electrons.